The third kappa shape index (κ3) is 2.18. The number of carbonyl (C=O) groups excluding carboxylic acids is 2. The van der Waals surface area contributed by atoms with E-state index in [1.54, 1.807) is 30.2 Å². The van der Waals surface area contributed by atoms with Crippen molar-refractivity contribution in [3.05, 3.63) is 29.0 Å². The van der Waals surface area contributed by atoms with Gasteiger partial charge in [-0.1, -0.05) is 17.7 Å². The van der Waals surface area contributed by atoms with Crippen molar-refractivity contribution in [3.8, 4) is 0 Å². The van der Waals surface area contributed by atoms with E-state index in [4.69, 9.17) is 11.6 Å². The Morgan fingerprint density at radius 3 is 2.61 bits per heavy atom. The summed E-state index contributed by atoms with van der Waals surface area (Å²) in [4.78, 5) is 30.7. The van der Waals surface area contributed by atoms with Gasteiger partial charge in [-0.25, -0.2) is 9.78 Å². The minimum absolute atomic E-state index is 0.170. The lowest BCUT2D eigenvalue weighted by molar-refractivity contribution is -0.128. The van der Waals surface area contributed by atoms with E-state index in [1.165, 1.54) is 4.90 Å². The number of amides is 3. The molecule has 6 heteroatoms. The third-order valence-corrected chi connectivity index (χ3v) is 3.26. The first-order valence-electron chi connectivity index (χ1n) is 5.77. The van der Waals surface area contributed by atoms with Gasteiger partial charge in [0.1, 0.15) is 11.2 Å². The lowest BCUT2D eigenvalue weighted by Gasteiger charge is -2.16. The fraction of sp³-hybridized carbons (Fsp3) is 0.417. The van der Waals surface area contributed by atoms with Gasteiger partial charge >= 0.3 is 6.03 Å². The van der Waals surface area contributed by atoms with E-state index in [9.17, 15) is 9.59 Å². The molecule has 1 atom stereocenters. The van der Waals surface area contributed by atoms with Crippen LogP contribution in [0.3, 0.4) is 0 Å². The lowest BCUT2D eigenvalue weighted by Crippen LogP contribution is -2.33. The van der Waals surface area contributed by atoms with Gasteiger partial charge in [-0.15, -0.1) is 0 Å². The minimum atomic E-state index is -0.386. The van der Waals surface area contributed by atoms with Gasteiger partial charge in [-0.05, 0) is 25.5 Å². The van der Waals surface area contributed by atoms with Crippen molar-refractivity contribution in [2.45, 2.75) is 26.4 Å². The molecule has 0 saturated carbocycles. The van der Waals surface area contributed by atoms with Gasteiger partial charge in [0.05, 0.1) is 6.54 Å². The Bertz CT molecular complexity index is 475. The van der Waals surface area contributed by atoms with E-state index in [-0.39, 0.29) is 24.5 Å². The van der Waals surface area contributed by atoms with Gasteiger partial charge in [-0.2, -0.15) is 0 Å². The number of carbonyl (C=O) groups is 2. The van der Waals surface area contributed by atoms with Crippen LogP contribution in [-0.2, 0) is 11.3 Å². The number of nitrogens with zero attached hydrogens (tertiary/aromatic N) is 3. The second-order valence-electron chi connectivity index (χ2n) is 4.16. The van der Waals surface area contributed by atoms with Crippen LogP contribution in [0.4, 0.5) is 4.79 Å². The molecule has 1 aromatic heterocycles. The highest BCUT2D eigenvalue weighted by atomic mass is 35.5. The van der Waals surface area contributed by atoms with Crippen molar-refractivity contribution in [2.75, 3.05) is 6.54 Å². The van der Waals surface area contributed by atoms with E-state index >= 15 is 0 Å². The van der Waals surface area contributed by atoms with E-state index in [2.05, 4.69) is 4.98 Å². The topological polar surface area (TPSA) is 53.5 Å². The van der Waals surface area contributed by atoms with Gasteiger partial charge in [0.15, 0.2) is 0 Å². The molecule has 2 rings (SSSR count). The number of pyridine rings is 1. The summed E-state index contributed by atoms with van der Waals surface area (Å²) in [6.07, 6.45) is 1.57. The average molecular weight is 268 g/mol. The van der Waals surface area contributed by atoms with E-state index in [1.807, 2.05) is 6.92 Å². The molecule has 0 aliphatic carbocycles. The van der Waals surface area contributed by atoms with E-state index < -0.39 is 0 Å². The van der Waals surface area contributed by atoms with E-state index in [0.717, 1.165) is 5.56 Å². The quantitative estimate of drug-likeness (QED) is 0.621. The Labute approximate surface area is 110 Å². The molecule has 96 valence electrons. The number of halogens is 1. The summed E-state index contributed by atoms with van der Waals surface area (Å²) in [5.41, 5.74) is 0.784. The Kier molecular flexibility index (Phi) is 3.52. The molecule has 3 amide bonds. The van der Waals surface area contributed by atoms with Crippen LogP contribution in [0.25, 0.3) is 0 Å². The van der Waals surface area contributed by atoms with Gasteiger partial charge in [0.25, 0.3) is 5.91 Å². The number of urea groups is 1. The van der Waals surface area contributed by atoms with Crippen molar-refractivity contribution in [3.63, 3.8) is 0 Å². The number of imide groups is 1. The summed E-state index contributed by atoms with van der Waals surface area (Å²) in [6.45, 7) is 4.36. The monoisotopic (exact) mass is 267 g/mol. The smallest absolute Gasteiger partial charge is 0.313 e. The number of likely N-dealkylation sites (N-methyl/N-ethyl adjacent to an activating group) is 1. The molecule has 0 N–H and O–H groups in total. The van der Waals surface area contributed by atoms with Crippen LogP contribution in [0.5, 0.6) is 0 Å². The summed E-state index contributed by atoms with van der Waals surface area (Å²) < 4.78 is 0. The normalized spacial score (nSPS) is 19.8. The molecule has 5 nitrogen and oxygen atoms in total. The molecular weight excluding hydrogens is 254 g/mol. The van der Waals surface area contributed by atoms with E-state index in [0.29, 0.717) is 11.7 Å². The maximum atomic E-state index is 12.0. The molecule has 1 saturated heterocycles. The Balaban J connectivity index is 2.17. The first-order chi connectivity index (χ1) is 8.54. The fourth-order valence-corrected chi connectivity index (χ4v) is 2.12. The van der Waals surface area contributed by atoms with Gasteiger partial charge in [0.2, 0.25) is 0 Å². The molecule has 0 aromatic carbocycles. The Morgan fingerprint density at radius 1 is 1.39 bits per heavy atom. The number of aromatic nitrogens is 1. The first-order valence-corrected chi connectivity index (χ1v) is 6.14. The number of hydrogen-bond donors (Lipinski definition) is 0. The van der Waals surface area contributed by atoms with Crippen LogP contribution in [-0.4, -0.2) is 39.3 Å². The third-order valence-electron chi connectivity index (χ3n) is 3.04. The largest absolute Gasteiger partial charge is 0.327 e. The summed E-state index contributed by atoms with van der Waals surface area (Å²) in [5.74, 6) is -0.170. The fourth-order valence-electron chi connectivity index (χ4n) is 2.01. The second kappa shape index (κ2) is 4.94. The Morgan fingerprint density at radius 2 is 2.11 bits per heavy atom. The molecular formula is C12H14ClN3O2. The summed E-state index contributed by atoms with van der Waals surface area (Å²) in [6, 6.07) is 2.77. The molecule has 1 aliphatic heterocycles. The van der Waals surface area contributed by atoms with Gasteiger partial charge in [0, 0.05) is 12.7 Å². The van der Waals surface area contributed by atoms with Crippen LogP contribution in [0.2, 0.25) is 5.15 Å². The zero-order valence-electron chi connectivity index (χ0n) is 10.3. The summed E-state index contributed by atoms with van der Waals surface area (Å²) in [7, 11) is 0. The summed E-state index contributed by atoms with van der Waals surface area (Å²) in [5, 5.41) is 0.390. The summed E-state index contributed by atoms with van der Waals surface area (Å²) >= 11 is 5.69. The first kappa shape index (κ1) is 12.8. The predicted octanol–water partition coefficient (Wildman–Crippen LogP) is 1.91. The zero-order valence-corrected chi connectivity index (χ0v) is 11.0. The van der Waals surface area contributed by atoms with Crippen molar-refractivity contribution in [1.82, 2.24) is 14.8 Å². The highest BCUT2D eigenvalue weighted by Crippen LogP contribution is 2.19. The average Bonchev–Trinajstić information content (AvgIpc) is 2.56. The van der Waals surface area contributed by atoms with Gasteiger partial charge < -0.3 is 4.90 Å². The molecule has 2 heterocycles. The van der Waals surface area contributed by atoms with Crippen LogP contribution < -0.4 is 0 Å². The van der Waals surface area contributed by atoms with Gasteiger partial charge in [-0.3, -0.25) is 9.69 Å². The maximum absolute atomic E-state index is 12.0. The SMILES string of the molecule is CCN1C(=O)N(Cc2ccc(Cl)nc2)C(=O)C1C. The van der Waals surface area contributed by atoms with Crippen molar-refractivity contribution < 1.29 is 9.59 Å². The highest BCUT2D eigenvalue weighted by molar-refractivity contribution is 6.29. The highest BCUT2D eigenvalue weighted by Gasteiger charge is 2.41. The predicted molar refractivity (Wildman–Crippen MR) is 67.0 cm³/mol. The van der Waals surface area contributed by atoms with Crippen LogP contribution >= 0.6 is 11.6 Å². The molecule has 0 bridgehead atoms. The molecule has 1 fully saturated rings. The zero-order chi connectivity index (χ0) is 13.3. The molecule has 0 radical (unpaired) electrons. The maximum Gasteiger partial charge on any atom is 0.327 e. The molecule has 18 heavy (non-hydrogen) atoms. The Hall–Kier alpha value is -1.62. The molecule has 1 unspecified atom stereocenters. The minimum Gasteiger partial charge on any atom is -0.313 e. The van der Waals surface area contributed by atoms with Crippen LogP contribution in [0, 0.1) is 0 Å². The van der Waals surface area contributed by atoms with Crippen LogP contribution in [0.1, 0.15) is 19.4 Å². The molecule has 1 aromatic rings. The molecule has 0 spiro atoms. The van der Waals surface area contributed by atoms with Crippen molar-refractivity contribution in [1.29, 1.82) is 0 Å². The number of hydrogen-bond acceptors (Lipinski definition) is 3. The second-order valence-corrected chi connectivity index (χ2v) is 4.55. The molecule has 1 aliphatic rings. The standard InChI is InChI=1S/C12H14ClN3O2/c1-3-15-8(2)11(17)16(12(15)18)7-9-4-5-10(13)14-6-9/h4-6,8H,3,7H2,1-2H3. The van der Waals surface area contributed by atoms with Crippen molar-refractivity contribution in [2.24, 2.45) is 0 Å². The number of rotatable bonds is 3. The lowest BCUT2D eigenvalue weighted by atomic mass is 10.2. The van der Waals surface area contributed by atoms with Crippen LogP contribution in [0.15, 0.2) is 18.3 Å². The van der Waals surface area contributed by atoms with Crippen molar-refractivity contribution >= 4 is 23.5 Å².